The van der Waals surface area contributed by atoms with Crippen molar-refractivity contribution in [3.63, 3.8) is 0 Å². The molecule has 3 aliphatic rings. The predicted octanol–water partition coefficient (Wildman–Crippen LogP) is 5.77. The zero-order chi connectivity index (χ0) is 34.1. The van der Waals surface area contributed by atoms with Gasteiger partial charge in [-0.3, -0.25) is 4.90 Å². The first-order valence-corrected chi connectivity index (χ1v) is 15.5. The van der Waals surface area contributed by atoms with Gasteiger partial charge in [0.15, 0.2) is 11.6 Å². The van der Waals surface area contributed by atoms with Crippen molar-refractivity contribution in [1.82, 2.24) is 24.8 Å². The summed E-state index contributed by atoms with van der Waals surface area (Å²) in [4.78, 5) is 21.0. The maximum atomic E-state index is 16.8. The molecule has 2 saturated heterocycles. The van der Waals surface area contributed by atoms with Crippen LogP contribution in [0.1, 0.15) is 48.9 Å². The number of hydrogen-bond donors (Lipinski definition) is 2. The van der Waals surface area contributed by atoms with Crippen molar-refractivity contribution in [3.8, 4) is 23.1 Å². The Morgan fingerprint density at radius 3 is 2.69 bits per heavy atom. The van der Waals surface area contributed by atoms with Crippen molar-refractivity contribution in [2.24, 2.45) is 0 Å². The minimum atomic E-state index is -5.09. The summed E-state index contributed by atoms with van der Waals surface area (Å²) in [6, 6.07) is 3.48. The zero-order valence-electron chi connectivity index (χ0n) is 26.0. The summed E-state index contributed by atoms with van der Waals surface area (Å²) in [6.45, 7) is 3.96. The van der Waals surface area contributed by atoms with Crippen LogP contribution >= 0.6 is 0 Å². The monoisotopic (exact) mass is 674 g/mol. The van der Waals surface area contributed by atoms with Gasteiger partial charge in [-0.25, -0.2) is 23.1 Å². The Hall–Kier alpha value is -4.60. The maximum Gasteiger partial charge on any atom is 0.417 e. The zero-order valence-corrected chi connectivity index (χ0v) is 26.0. The molecule has 0 spiro atoms. The number of nitrogen functional groups attached to an aromatic ring is 2. The number of fused-ring (bicyclic) bond motifs is 1. The van der Waals surface area contributed by atoms with E-state index in [4.69, 9.17) is 20.9 Å². The number of ether oxygens (including phenoxy) is 2. The van der Waals surface area contributed by atoms with Crippen LogP contribution in [0.25, 0.3) is 22.2 Å². The summed E-state index contributed by atoms with van der Waals surface area (Å²) in [5.74, 6) is -2.81. The highest BCUT2D eigenvalue weighted by Crippen LogP contribution is 2.47. The average molecular weight is 675 g/mol. The van der Waals surface area contributed by atoms with E-state index in [0.29, 0.717) is 18.5 Å². The molecular weight excluding hydrogens is 642 g/mol. The van der Waals surface area contributed by atoms with Crippen LogP contribution in [0.3, 0.4) is 0 Å². The van der Waals surface area contributed by atoms with E-state index in [1.165, 1.54) is 6.20 Å². The molecular formula is C32H32F6N8O2. The SMILES string of the molecule is Cc1cc(N)c(F)c(-c2nc3c4c(nc(OC[C@@]56CCCN5C[C@H](F)C6)nc4c2F)N([C@H](C)c2cccnc2N)CCO3)c1C(F)(F)F. The third-order valence-corrected chi connectivity index (χ3v) is 9.58. The topological polar surface area (TPSA) is 129 Å². The van der Waals surface area contributed by atoms with Crippen LogP contribution in [-0.4, -0.2) is 69.4 Å². The minimum absolute atomic E-state index is 0.00630. The van der Waals surface area contributed by atoms with Gasteiger partial charge in [0, 0.05) is 24.7 Å². The van der Waals surface area contributed by atoms with E-state index in [1.54, 1.807) is 17.0 Å². The lowest BCUT2D eigenvalue weighted by Gasteiger charge is -2.32. The highest BCUT2D eigenvalue weighted by molar-refractivity contribution is 5.97. The number of aromatic nitrogens is 4. The molecule has 0 amide bonds. The first-order chi connectivity index (χ1) is 22.8. The fraction of sp³-hybridized carbons (Fsp3) is 0.438. The normalized spacial score (nSPS) is 21.7. The van der Waals surface area contributed by atoms with Gasteiger partial charge < -0.3 is 25.8 Å². The molecule has 0 unspecified atom stereocenters. The Morgan fingerprint density at radius 2 is 1.94 bits per heavy atom. The van der Waals surface area contributed by atoms with Gasteiger partial charge in [-0.2, -0.15) is 23.1 Å². The lowest BCUT2D eigenvalue weighted by Crippen LogP contribution is -2.43. The quantitative estimate of drug-likeness (QED) is 0.192. The van der Waals surface area contributed by atoms with E-state index in [9.17, 15) is 17.6 Å². The molecule has 10 nitrogen and oxygen atoms in total. The van der Waals surface area contributed by atoms with E-state index < -0.39 is 69.2 Å². The van der Waals surface area contributed by atoms with Crippen molar-refractivity contribution in [3.05, 3.63) is 52.7 Å². The second kappa shape index (κ2) is 11.5. The molecule has 3 aromatic heterocycles. The van der Waals surface area contributed by atoms with Crippen LogP contribution in [0.5, 0.6) is 11.9 Å². The fourth-order valence-electron chi connectivity index (χ4n) is 7.38. The molecule has 0 aliphatic carbocycles. The Morgan fingerprint density at radius 1 is 1.15 bits per heavy atom. The van der Waals surface area contributed by atoms with Crippen molar-refractivity contribution >= 4 is 28.2 Å². The lowest BCUT2D eigenvalue weighted by molar-refractivity contribution is -0.137. The van der Waals surface area contributed by atoms with Crippen LogP contribution < -0.4 is 25.8 Å². The molecule has 3 aliphatic heterocycles. The number of rotatable bonds is 6. The van der Waals surface area contributed by atoms with E-state index in [1.807, 2.05) is 11.8 Å². The van der Waals surface area contributed by atoms with Crippen LogP contribution in [0.2, 0.25) is 0 Å². The third-order valence-electron chi connectivity index (χ3n) is 9.58. The molecule has 48 heavy (non-hydrogen) atoms. The van der Waals surface area contributed by atoms with Crippen LogP contribution in [0.15, 0.2) is 24.4 Å². The van der Waals surface area contributed by atoms with Crippen LogP contribution in [0.4, 0.5) is 43.7 Å². The molecule has 4 N–H and O–H groups in total. The Labute approximate surface area is 271 Å². The Kier molecular flexibility index (Phi) is 7.68. The number of alkyl halides is 4. The average Bonchev–Trinajstić information content (AvgIpc) is 3.48. The van der Waals surface area contributed by atoms with Gasteiger partial charge in [-0.15, -0.1) is 0 Å². The van der Waals surface area contributed by atoms with E-state index >= 15 is 8.78 Å². The maximum absolute atomic E-state index is 16.8. The number of halogens is 6. The molecule has 2 fully saturated rings. The van der Waals surface area contributed by atoms with Gasteiger partial charge in [-0.05, 0) is 50.9 Å². The van der Waals surface area contributed by atoms with Gasteiger partial charge in [0.25, 0.3) is 0 Å². The van der Waals surface area contributed by atoms with Crippen LogP contribution in [-0.2, 0) is 6.18 Å². The summed E-state index contributed by atoms with van der Waals surface area (Å²) in [7, 11) is 0. The molecule has 3 atom stereocenters. The smallest absolute Gasteiger partial charge is 0.417 e. The highest BCUT2D eigenvalue weighted by atomic mass is 19.4. The van der Waals surface area contributed by atoms with E-state index in [0.717, 1.165) is 19.4 Å². The highest BCUT2D eigenvalue weighted by Gasteiger charge is 2.49. The predicted molar refractivity (Wildman–Crippen MR) is 165 cm³/mol. The van der Waals surface area contributed by atoms with E-state index in [2.05, 4.69) is 19.9 Å². The molecule has 0 saturated carbocycles. The Balaban J connectivity index is 1.45. The van der Waals surface area contributed by atoms with Crippen molar-refractivity contribution in [1.29, 1.82) is 0 Å². The number of benzene rings is 1. The van der Waals surface area contributed by atoms with Gasteiger partial charge in [0.1, 0.15) is 47.6 Å². The van der Waals surface area contributed by atoms with Gasteiger partial charge >= 0.3 is 12.2 Å². The second-order valence-corrected chi connectivity index (χ2v) is 12.5. The summed E-state index contributed by atoms with van der Waals surface area (Å²) in [5, 5.41) is -0.0599. The number of anilines is 3. The molecule has 6 heterocycles. The Bertz CT molecular complexity index is 1930. The first-order valence-electron chi connectivity index (χ1n) is 15.5. The molecule has 7 rings (SSSR count). The molecule has 16 heteroatoms. The molecule has 254 valence electrons. The summed E-state index contributed by atoms with van der Waals surface area (Å²) < 4.78 is 102. The summed E-state index contributed by atoms with van der Waals surface area (Å²) >= 11 is 0. The minimum Gasteiger partial charge on any atom is -0.475 e. The van der Waals surface area contributed by atoms with Crippen molar-refractivity contribution in [2.45, 2.75) is 57.0 Å². The van der Waals surface area contributed by atoms with Gasteiger partial charge in [-0.1, -0.05) is 6.07 Å². The van der Waals surface area contributed by atoms with Crippen molar-refractivity contribution in [2.75, 3.05) is 49.2 Å². The fourth-order valence-corrected chi connectivity index (χ4v) is 7.38. The molecule has 0 radical (unpaired) electrons. The summed E-state index contributed by atoms with van der Waals surface area (Å²) in [6.07, 6.45) is -2.84. The second-order valence-electron chi connectivity index (χ2n) is 12.5. The number of hydrogen-bond acceptors (Lipinski definition) is 10. The van der Waals surface area contributed by atoms with E-state index in [-0.39, 0.29) is 61.6 Å². The van der Waals surface area contributed by atoms with Gasteiger partial charge in [0.05, 0.1) is 34.9 Å². The molecule has 4 aromatic rings. The van der Waals surface area contributed by atoms with Crippen LogP contribution in [0, 0.1) is 18.6 Å². The standard InChI is InChI=1S/C32H32F6N8O2/c1-15-11-19(39)23(34)20(22(15)32(36,37)38)25-24(35)26-21-28(44-30(43-26)48-14-31-6-4-8-45(31)13-17(33)12-31)46(9-10-47-29(21)42-25)16(2)18-5-3-7-41-27(18)40/h3,5,7,11,16-17H,4,6,8-10,12-14,39H2,1-2H3,(H2,40,41)/t16-,17-,31+/m1/s1. The number of nitrogens with two attached hydrogens (primary N) is 2. The third kappa shape index (κ3) is 5.16. The van der Waals surface area contributed by atoms with Crippen molar-refractivity contribution < 1.29 is 35.8 Å². The molecule has 1 aromatic carbocycles. The number of nitrogens with zero attached hydrogens (tertiary/aromatic N) is 6. The summed E-state index contributed by atoms with van der Waals surface area (Å²) in [5.41, 5.74) is 6.81. The van der Waals surface area contributed by atoms with Gasteiger partial charge in [0.2, 0.25) is 5.88 Å². The number of aryl methyl sites for hydroxylation is 1. The first kappa shape index (κ1) is 32.0. The molecule has 0 bridgehead atoms. The lowest BCUT2D eigenvalue weighted by atomic mass is 9.95. The largest absolute Gasteiger partial charge is 0.475 e. The number of pyridine rings is 2.